The van der Waals surface area contributed by atoms with Crippen LogP contribution in [0.1, 0.15) is 11.1 Å². The van der Waals surface area contributed by atoms with E-state index in [0.717, 1.165) is 44.3 Å². The Morgan fingerprint density at radius 3 is 2.50 bits per heavy atom. The molecule has 0 radical (unpaired) electrons. The van der Waals surface area contributed by atoms with Gasteiger partial charge in [-0.1, -0.05) is 18.2 Å². The molecule has 2 aromatic carbocycles. The molecule has 116 valence electrons. The Balaban J connectivity index is 2.27. The third-order valence-corrected chi connectivity index (χ3v) is 4.77. The zero-order valence-electron chi connectivity index (χ0n) is 13.9. The van der Waals surface area contributed by atoms with E-state index in [1.165, 1.54) is 0 Å². The summed E-state index contributed by atoms with van der Waals surface area (Å²) in [5.74, 6) is 0. The number of rotatable bonds is 1. The lowest BCUT2D eigenvalue weighted by atomic mass is 9.94. The Bertz CT molecular complexity index is 1150. The molecule has 0 aliphatic rings. The number of benzene rings is 2. The van der Waals surface area contributed by atoms with Crippen molar-refractivity contribution in [2.45, 2.75) is 13.8 Å². The molecular formula is C21H17N2O+. The first kappa shape index (κ1) is 14.5. The summed E-state index contributed by atoms with van der Waals surface area (Å²) in [5.41, 5.74) is 6.53. The average molecular weight is 313 g/mol. The predicted octanol–water partition coefficient (Wildman–Crippen LogP) is 5.25. The van der Waals surface area contributed by atoms with Crippen LogP contribution in [0.4, 0.5) is 5.69 Å². The van der Waals surface area contributed by atoms with Crippen molar-refractivity contribution >= 4 is 27.6 Å². The number of aryl methyl sites for hydroxylation is 2. The standard InChI is InChI=1S/C21H17N2O/c1-13-14(2)21-19(15-9-5-6-11-17(15)24-21)20(22-3)18(13)16-10-7-8-12-23(16)4/h5-12H,1-2,4H3/q+1. The summed E-state index contributed by atoms with van der Waals surface area (Å²) < 4.78 is 8.14. The van der Waals surface area contributed by atoms with Crippen LogP contribution in [-0.2, 0) is 7.05 Å². The fraction of sp³-hybridized carbons (Fsp3) is 0.143. The highest BCUT2D eigenvalue weighted by Gasteiger charge is 2.25. The molecule has 2 aromatic heterocycles. The molecule has 0 aliphatic heterocycles. The fourth-order valence-electron chi connectivity index (χ4n) is 3.41. The zero-order chi connectivity index (χ0) is 16.8. The van der Waals surface area contributed by atoms with Crippen LogP contribution in [0.15, 0.2) is 53.1 Å². The van der Waals surface area contributed by atoms with Crippen LogP contribution >= 0.6 is 0 Å². The molecule has 0 fully saturated rings. The van der Waals surface area contributed by atoms with Crippen molar-refractivity contribution in [3.8, 4) is 11.3 Å². The van der Waals surface area contributed by atoms with Gasteiger partial charge in [-0.2, -0.15) is 0 Å². The monoisotopic (exact) mass is 313 g/mol. The highest BCUT2D eigenvalue weighted by Crippen LogP contribution is 2.45. The second-order valence-electron chi connectivity index (χ2n) is 6.08. The Kier molecular flexibility index (Phi) is 3.14. The first-order chi connectivity index (χ1) is 11.6. The van der Waals surface area contributed by atoms with Crippen molar-refractivity contribution in [2.75, 3.05) is 0 Å². The zero-order valence-corrected chi connectivity index (χ0v) is 13.9. The van der Waals surface area contributed by atoms with E-state index in [4.69, 9.17) is 11.0 Å². The summed E-state index contributed by atoms with van der Waals surface area (Å²) in [6, 6.07) is 14.0. The molecule has 3 nitrogen and oxygen atoms in total. The van der Waals surface area contributed by atoms with Crippen molar-refractivity contribution in [2.24, 2.45) is 7.05 Å². The molecule has 0 unspecified atom stereocenters. The highest BCUT2D eigenvalue weighted by molar-refractivity contribution is 6.16. The Hall–Kier alpha value is -3.12. The molecule has 4 aromatic rings. The number of furan rings is 1. The molecule has 0 saturated heterocycles. The van der Waals surface area contributed by atoms with Crippen LogP contribution in [0.3, 0.4) is 0 Å². The molecule has 4 rings (SSSR count). The summed E-state index contributed by atoms with van der Waals surface area (Å²) in [4.78, 5) is 3.92. The van der Waals surface area contributed by atoms with E-state index in [2.05, 4.69) is 29.3 Å². The minimum Gasteiger partial charge on any atom is -0.457 e. The molecule has 24 heavy (non-hydrogen) atoms. The van der Waals surface area contributed by atoms with Gasteiger partial charge in [0.05, 0.1) is 12.1 Å². The Labute approximate surface area is 140 Å². The Morgan fingerprint density at radius 1 is 1.00 bits per heavy atom. The summed E-state index contributed by atoms with van der Waals surface area (Å²) in [6.45, 7) is 12.0. The first-order valence-electron chi connectivity index (χ1n) is 7.90. The lowest BCUT2D eigenvalue weighted by molar-refractivity contribution is -0.660. The predicted molar refractivity (Wildman–Crippen MR) is 96.1 cm³/mol. The van der Waals surface area contributed by atoms with Gasteiger partial charge in [0.15, 0.2) is 6.20 Å². The number of nitrogens with zero attached hydrogens (tertiary/aromatic N) is 2. The van der Waals surface area contributed by atoms with E-state index in [1.54, 1.807) is 0 Å². The number of aromatic nitrogens is 1. The van der Waals surface area contributed by atoms with Crippen LogP contribution in [0, 0.1) is 20.4 Å². The van der Waals surface area contributed by atoms with Gasteiger partial charge in [-0.3, -0.25) is 0 Å². The largest absolute Gasteiger partial charge is 0.457 e. The molecular weight excluding hydrogens is 296 g/mol. The quantitative estimate of drug-likeness (QED) is 0.347. The van der Waals surface area contributed by atoms with Crippen molar-refractivity contribution in [3.05, 3.63) is 71.2 Å². The van der Waals surface area contributed by atoms with Gasteiger partial charge in [-0.25, -0.2) is 9.41 Å². The number of hydrogen-bond donors (Lipinski definition) is 0. The number of fused-ring (bicyclic) bond motifs is 3. The second kappa shape index (κ2) is 5.21. The van der Waals surface area contributed by atoms with E-state index in [9.17, 15) is 0 Å². The summed E-state index contributed by atoms with van der Waals surface area (Å²) in [6.07, 6.45) is 2.01. The molecule has 0 N–H and O–H groups in total. The van der Waals surface area contributed by atoms with Crippen LogP contribution in [0.5, 0.6) is 0 Å². The molecule has 0 amide bonds. The van der Waals surface area contributed by atoms with Crippen LogP contribution < -0.4 is 4.57 Å². The minimum atomic E-state index is 0.667. The van der Waals surface area contributed by atoms with Crippen LogP contribution in [0.25, 0.3) is 38.0 Å². The maximum absolute atomic E-state index is 7.84. The normalized spacial score (nSPS) is 11.1. The lowest BCUT2D eigenvalue weighted by Crippen LogP contribution is -2.30. The topological polar surface area (TPSA) is 21.4 Å². The van der Waals surface area contributed by atoms with Crippen molar-refractivity contribution < 1.29 is 8.98 Å². The second-order valence-corrected chi connectivity index (χ2v) is 6.08. The van der Waals surface area contributed by atoms with Gasteiger partial charge in [0.2, 0.25) is 11.4 Å². The first-order valence-corrected chi connectivity index (χ1v) is 7.90. The van der Waals surface area contributed by atoms with Gasteiger partial charge in [0.1, 0.15) is 18.2 Å². The van der Waals surface area contributed by atoms with Crippen LogP contribution in [-0.4, -0.2) is 0 Å². The van der Waals surface area contributed by atoms with Gasteiger partial charge in [-0.15, -0.1) is 0 Å². The van der Waals surface area contributed by atoms with Gasteiger partial charge in [-0.05, 0) is 37.1 Å². The van der Waals surface area contributed by atoms with Gasteiger partial charge in [0, 0.05) is 22.9 Å². The van der Waals surface area contributed by atoms with Crippen molar-refractivity contribution in [3.63, 3.8) is 0 Å². The van der Waals surface area contributed by atoms with E-state index in [1.807, 2.05) is 49.6 Å². The van der Waals surface area contributed by atoms with Gasteiger partial charge < -0.3 is 4.42 Å². The van der Waals surface area contributed by atoms with E-state index in [-0.39, 0.29) is 0 Å². The SMILES string of the molecule is [C-]#[N+]c1c(-c2cccc[n+]2C)c(C)c(C)c2oc3ccccc3c12. The Morgan fingerprint density at radius 2 is 1.75 bits per heavy atom. The summed E-state index contributed by atoms with van der Waals surface area (Å²) >= 11 is 0. The number of para-hydroxylation sites is 1. The third kappa shape index (κ3) is 1.87. The molecule has 2 heterocycles. The number of hydrogen-bond acceptors (Lipinski definition) is 1. The smallest absolute Gasteiger partial charge is 0.212 e. The summed E-state index contributed by atoms with van der Waals surface area (Å²) in [7, 11) is 2.01. The maximum atomic E-state index is 7.84. The lowest BCUT2D eigenvalue weighted by Gasteiger charge is -2.11. The van der Waals surface area contributed by atoms with Crippen LogP contribution in [0.2, 0.25) is 0 Å². The molecule has 0 saturated carbocycles. The van der Waals surface area contributed by atoms with Crippen molar-refractivity contribution in [1.29, 1.82) is 0 Å². The van der Waals surface area contributed by atoms with Gasteiger partial charge in [0.25, 0.3) is 0 Å². The summed E-state index contributed by atoms with van der Waals surface area (Å²) in [5, 5.41) is 1.92. The maximum Gasteiger partial charge on any atom is 0.212 e. The molecule has 0 aliphatic carbocycles. The molecule has 0 bridgehead atoms. The fourth-order valence-corrected chi connectivity index (χ4v) is 3.41. The third-order valence-electron chi connectivity index (χ3n) is 4.77. The minimum absolute atomic E-state index is 0.667. The molecule has 0 atom stereocenters. The average Bonchev–Trinajstić information content (AvgIpc) is 2.98. The molecule has 3 heteroatoms. The van der Waals surface area contributed by atoms with E-state index in [0.29, 0.717) is 5.69 Å². The number of pyridine rings is 1. The highest BCUT2D eigenvalue weighted by atomic mass is 16.3. The molecule has 0 spiro atoms. The van der Waals surface area contributed by atoms with Crippen molar-refractivity contribution in [1.82, 2.24) is 0 Å². The van der Waals surface area contributed by atoms with E-state index < -0.39 is 0 Å². The van der Waals surface area contributed by atoms with Gasteiger partial charge >= 0.3 is 0 Å². The van der Waals surface area contributed by atoms with E-state index >= 15 is 0 Å².